The highest BCUT2D eigenvalue weighted by atomic mass is 31.1. The fourth-order valence-corrected chi connectivity index (χ4v) is 28.3. The molecule has 2 aromatic rings. The molecule has 4 fully saturated rings. The zero-order valence-corrected chi connectivity index (χ0v) is 38.8. The average molecular weight is 775 g/mol. The third kappa shape index (κ3) is 8.52. The number of benzene rings is 2. The topological polar surface area (TPSA) is 0 Å². The Morgan fingerprint density at radius 2 is 0.635 bits per heavy atom. The van der Waals surface area contributed by atoms with Crippen molar-refractivity contribution in [1.29, 1.82) is 0 Å². The molecule has 4 aliphatic rings. The third-order valence-electron chi connectivity index (χ3n) is 16.0. The maximum absolute atomic E-state index is 2.81. The van der Waals surface area contributed by atoms with E-state index in [0.717, 1.165) is 22.6 Å². The van der Waals surface area contributed by atoms with Crippen molar-refractivity contribution in [3.05, 3.63) is 36.4 Å². The van der Waals surface area contributed by atoms with Crippen molar-refractivity contribution in [2.75, 3.05) is 0 Å². The number of hydrogen-bond donors (Lipinski definition) is 0. The van der Waals surface area contributed by atoms with E-state index < -0.39 is 16.1 Å². The van der Waals surface area contributed by atoms with Crippen LogP contribution in [-0.2, 0) is 0 Å². The van der Waals surface area contributed by atoms with E-state index in [1.54, 1.807) is 0 Å². The Labute approximate surface area is 327 Å². The minimum absolute atomic E-state index is 0.192. The summed E-state index contributed by atoms with van der Waals surface area (Å²) < 4.78 is 0. The van der Waals surface area contributed by atoms with Crippen LogP contribution in [-0.4, -0.2) is 38.8 Å². The average Bonchev–Trinajstić information content (AvgIpc) is 3.22. The Bertz CT molecular complexity index is 1210. The SMILES string of the molecule is CC[Si](CC)(CC)c1cccc(P(C2CCCCC2)C2CCCCC2)c1-c1c(P(C2CCCCC2)C2CCCCC2)cccc1[Si](CC)(CC)CC. The molecule has 0 spiro atoms. The van der Waals surface area contributed by atoms with Gasteiger partial charge in [0.1, 0.15) is 0 Å². The fraction of sp³-hybridized carbons (Fsp3) is 0.750. The van der Waals surface area contributed by atoms with Gasteiger partial charge in [0.15, 0.2) is 0 Å². The molecule has 52 heavy (non-hydrogen) atoms. The van der Waals surface area contributed by atoms with E-state index in [1.807, 2.05) is 32.1 Å². The molecule has 0 radical (unpaired) electrons. The van der Waals surface area contributed by atoms with Crippen LogP contribution in [0.15, 0.2) is 36.4 Å². The van der Waals surface area contributed by atoms with Crippen molar-refractivity contribution in [2.45, 2.75) is 229 Å². The van der Waals surface area contributed by atoms with E-state index in [9.17, 15) is 0 Å². The van der Waals surface area contributed by atoms with Crippen molar-refractivity contribution >= 4 is 53.0 Å². The molecule has 0 nitrogen and oxygen atoms in total. The van der Waals surface area contributed by atoms with Crippen LogP contribution in [0.4, 0.5) is 0 Å². The van der Waals surface area contributed by atoms with E-state index in [2.05, 4.69) is 77.9 Å². The van der Waals surface area contributed by atoms with Crippen molar-refractivity contribution in [2.24, 2.45) is 0 Å². The number of hydrogen-bond acceptors (Lipinski definition) is 0. The highest BCUT2D eigenvalue weighted by Gasteiger charge is 2.43. The second-order valence-corrected chi connectivity index (χ2v) is 34.0. The molecule has 4 heteroatoms. The van der Waals surface area contributed by atoms with E-state index in [1.165, 1.54) is 165 Å². The summed E-state index contributed by atoms with van der Waals surface area (Å²) in [5.74, 6) is 0. The maximum Gasteiger partial charge on any atom is 0.0867 e. The Morgan fingerprint density at radius 3 is 0.865 bits per heavy atom. The van der Waals surface area contributed by atoms with Crippen LogP contribution >= 0.6 is 15.8 Å². The van der Waals surface area contributed by atoms with E-state index >= 15 is 0 Å². The van der Waals surface area contributed by atoms with E-state index in [0.29, 0.717) is 0 Å². The quantitative estimate of drug-likeness (QED) is 0.125. The van der Waals surface area contributed by atoms with Crippen molar-refractivity contribution in [1.82, 2.24) is 0 Å². The van der Waals surface area contributed by atoms with Crippen molar-refractivity contribution < 1.29 is 0 Å². The lowest BCUT2D eigenvalue weighted by atomic mass is 9.99. The Balaban J connectivity index is 1.73. The van der Waals surface area contributed by atoms with Crippen molar-refractivity contribution in [3.63, 3.8) is 0 Å². The first-order valence-electron chi connectivity index (χ1n) is 23.3. The minimum atomic E-state index is -1.71. The molecule has 0 saturated heterocycles. The van der Waals surface area contributed by atoms with Crippen LogP contribution in [0.2, 0.25) is 36.3 Å². The summed E-state index contributed by atoms with van der Waals surface area (Å²) in [4.78, 5) is 0. The first-order valence-corrected chi connectivity index (χ1v) is 31.6. The Kier molecular flexibility index (Phi) is 15.7. The lowest BCUT2D eigenvalue weighted by Crippen LogP contribution is -2.52. The molecule has 4 aliphatic carbocycles. The molecule has 290 valence electrons. The second kappa shape index (κ2) is 19.7. The predicted octanol–water partition coefficient (Wildman–Crippen LogP) is 14.3. The zero-order chi connectivity index (χ0) is 36.6. The van der Waals surface area contributed by atoms with Gasteiger partial charge in [-0.15, -0.1) is 0 Å². The van der Waals surface area contributed by atoms with Gasteiger partial charge < -0.3 is 0 Å². The van der Waals surface area contributed by atoms with Gasteiger partial charge in [0.2, 0.25) is 0 Å². The summed E-state index contributed by atoms with van der Waals surface area (Å²) in [6.07, 6.45) is 29.8. The van der Waals surface area contributed by atoms with Gasteiger partial charge in [0.25, 0.3) is 0 Å². The van der Waals surface area contributed by atoms with Gasteiger partial charge in [-0.1, -0.05) is 217 Å². The molecule has 0 atom stereocenters. The van der Waals surface area contributed by atoms with Crippen LogP contribution < -0.4 is 21.0 Å². The lowest BCUT2D eigenvalue weighted by Gasteiger charge is -2.44. The molecule has 0 N–H and O–H groups in total. The summed E-state index contributed by atoms with van der Waals surface area (Å²) in [6, 6.07) is 24.8. The molecule has 2 aromatic carbocycles. The number of rotatable bonds is 15. The van der Waals surface area contributed by atoms with Gasteiger partial charge in [-0.2, -0.15) is 0 Å². The summed E-state index contributed by atoms with van der Waals surface area (Å²) >= 11 is 0. The van der Waals surface area contributed by atoms with Crippen molar-refractivity contribution in [3.8, 4) is 11.1 Å². The van der Waals surface area contributed by atoms with Gasteiger partial charge in [-0.05, 0) is 95.7 Å². The summed E-state index contributed by atoms with van der Waals surface area (Å²) in [6.45, 7) is 15.6. The predicted molar refractivity (Wildman–Crippen MR) is 246 cm³/mol. The smallest absolute Gasteiger partial charge is 0.0683 e. The molecular formula is C48H80P2Si2. The van der Waals surface area contributed by atoms with Gasteiger partial charge in [0, 0.05) is 0 Å². The molecule has 0 amide bonds. The van der Waals surface area contributed by atoms with Crippen LogP contribution in [0, 0.1) is 0 Å². The normalized spacial score (nSPS) is 21.0. The van der Waals surface area contributed by atoms with E-state index in [-0.39, 0.29) is 15.8 Å². The fourth-order valence-electron chi connectivity index (χ4n) is 12.4. The Hall–Kier alpha value is -0.266. The molecule has 0 bridgehead atoms. The zero-order valence-electron chi connectivity index (χ0n) is 35.1. The standard InChI is InChI=1S/C48H80P2Si2/c1-7-51(8-2,9-3)45-37-25-35-43(49(39-27-17-13-18-28-39)40-29-19-14-20-30-40)47(45)48-44(36-26-38-46(48)52(10-4,11-5)12-6)50(41-31-21-15-22-32-41)42-33-23-16-24-34-42/h25-26,35-42H,7-24,27-34H2,1-6H3. The van der Waals surface area contributed by atoms with E-state index in [4.69, 9.17) is 0 Å². The molecular weight excluding hydrogens is 695 g/mol. The summed E-state index contributed by atoms with van der Waals surface area (Å²) in [5, 5.41) is 7.75. The van der Waals surface area contributed by atoms with Gasteiger partial charge in [-0.25, -0.2) is 0 Å². The highest BCUT2D eigenvalue weighted by molar-refractivity contribution is 7.68. The lowest BCUT2D eigenvalue weighted by molar-refractivity contribution is 0.487. The van der Waals surface area contributed by atoms with Crippen LogP contribution in [0.25, 0.3) is 11.1 Å². The first kappa shape index (κ1) is 41.4. The molecule has 0 heterocycles. The van der Waals surface area contributed by atoms with Crippen LogP contribution in [0.5, 0.6) is 0 Å². The molecule has 0 aromatic heterocycles. The second-order valence-electron chi connectivity index (χ2n) is 18.1. The molecule has 0 unspecified atom stereocenters. The molecule has 0 aliphatic heterocycles. The Morgan fingerprint density at radius 1 is 0.385 bits per heavy atom. The van der Waals surface area contributed by atoms with Gasteiger partial charge in [0.05, 0.1) is 16.1 Å². The van der Waals surface area contributed by atoms with Crippen LogP contribution in [0.1, 0.15) is 170 Å². The monoisotopic (exact) mass is 775 g/mol. The minimum Gasteiger partial charge on any atom is -0.0683 e. The summed E-state index contributed by atoms with van der Waals surface area (Å²) in [5.41, 5.74) is 7.64. The summed E-state index contributed by atoms with van der Waals surface area (Å²) in [7, 11) is -3.81. The van der Waals surface area contributed by atoms with Gasteiger partial charge in [-0.3, -0.25) is 0 Å². The molecule has 6 rings (SSSR count). The maximum atomic E-state index is 2.81. The van der Waals surface area contributed by atoms with Gasteiger partial charge >= 0.3 is 0 Å². The largest absolute Gasteiger partial charge is 0.0867 e. The third-order valence-corrected chi connectivity index (χ3v) is 34.3. The van der Waals surface area contributed by atoms with Crippen LogP contribution in [0.3, 0.4) is 0 Å². The first-order chi connectivity index (χ1) is 25.5. The highest BCUT2D eigenvalue weighted by Crippen LogP contribution is 2.59. The molecule has 4 saturated carbocycles.